The van der Waals surface area contributed by atoms with E-state index in [-0.39, 0.29) is 0 Å². The van der Waals surface area contributed by atoms with E-state index in [0.717, 1.165) is 15.6 Å². The van der Waals surface area contributed by atoms with Gasteiger partial charge < -0.3 is 10.8 Å². The summed E-state index contributed by atoms with van der Waals surface area (Å²) >= 11 is 1.22. The summed E-state index contributed by atoms with van der Waals surface area (Å²) in [5.74, 6) is -0.900. The highest BCUT2D eigenvalue weighted by Gasteiger charge is 2.10. The van der Waals surface area contributed by atoms with Crippen LogP contribution in [-0.2, 0) is 0 Å². The predicted octanol–water partition coefficient (Wildman–Crippen LogP) is 2.49. The fourth-order valence-electron chi connectivity index (χ4n) is 1.44. The van der Waals surface area contributed by atoms with Gasteiger partial charge in [-0.25, -0.2) is 4.79 Å². The highest BCUT2D eigenvalue weighted by Crippen LogP contribution is 2.31. The zero-order valence-corrected chi connectivity index (χ0v) is 8.39. The topological polar surface area (TPSA) is 63.3 Å². The lowest BCUT2D eigenvalue weighted by molar-refractivity contribution is 0.0702. The van der Waals surface area contributed by atoms with Crippen LogP contribution in [0.25, 0.3) is 10.1 Å². The summed E-state index contributed by atoms with van der Waals surface area (Å²) in [4.78, 5) is 11.1. The highest BCUT2D eigenvalue weighted by atomic mass is 32.1. The van der Waals surface area contributed by atoms with E-state index in [0.29, 0.717) is 10.6 Å². The Morgan fingerprint density at radius 2 is 2.14 bits per heavy atom. The molecule has 0 saturated carbocycles. The van der Waals surface area contributed by atoms with Gasteiger partial charge in [0.15, 0.2) is 0 Å². The van der Waals surface area contributed by atoms with Gasteiger partial charge in [0.1, 0.15) is 4.88 Å². The third kappa shape index (κ3) is 1.33. The first-order valence-electron chi connectivity index (χ1n) is 4.11. The second-order valence-electron chi connectivity index (χ2n) is 3.19. The minimum atomic E-state index is -0.900. The lowest BCUT2D eigenvalue weighted by Crippen LogP contribution is -1.89. The van der Waals surface area contributed by atoms with Crippen LogP contribution in [0.15, 0.2) is 18.2 Å². The molecule has 3 N–H and O–H groups in total. The molecule has 4 heteroatoms. The van der Waals surface area contributed by atoms with Crippen molar-refractivity contribution in [1.29, 1.82) is 0 Å². The van der Waals surface area contributed by atoms with Crippen LogP contribution in [0.5, 0.6) is 0 Å². The molecular formula is C10H9NO2S. The molecule has 1 aromatic heterocycles. The molecule has 0 unspecified atom stereocenters. The number of benzene rings is 1. The first kappa shape index (κ1) is 9.02. The minimum Gasteiger partial charge on any atom is -0.477 e. The Kier molecular flexibility index (Phi) is 1.93. The van der Waals surface area contributed by atoms with Crippen LogP contribution in [0.2, 0.25) is 0 Å². The third-order valence-electron chi connectivity index (χ3n) is 2.00. The zero-order valence-electron chi connectivity index (χ0n) is 7.57. The predicted molar refractivity (Wildman–Crippen MR) is 57.9 cm³/mol. The SMILES string of the molecule is Cc1cc(N)c2sc(C(=O)O)cc2c1. The summed E-state index contributed by atoms with van der Waals surface area (Å²) in [5.41, 5.74) is 7.48. The minimum absolute atomic E-state index is 0.331. The van der Waals surface area contributed by atoms with Crippen molar-refractivity contribution in [2.45, 2.75) is 6.92 Å². The summed E-state index contributed by atoms with van der Waals surface area (Å²) in [6, 6.07) is 5.45. The quantitative estimate of drug-likeness (QED) is 0.706. The molecular weight excluding hydrogens is 198 g/mol. The molecule has 0 aliphatic rings. The number of hydrogen-bond acceptors (Lipinski definition) is 3. The van der Waals surface area contributed by atoms with Crippen LogP contribution < -0.4 is 5.73 Å². The number of carbonyl (C=O) groups is 1. The largest absolute Gasteiger partial charge is 0.477 e. The van der Waals surface area contributed by atoms with Gasteiger partial charge in [-0.15, -0.1) is 11.3 Å². The molecule has 3 nitrogen and oxygen atoms in total. The van der Waals surface area contributed by atoms with Crippen molar-refractivity contribution in [2.75, 3.05) is 5.73 Å². The second kappa shape index (κ2) is 2.99. The van der Waals surface area contributed by atoms with Gasteiger partial charge in [0.2, 0.25) is 0 Å². The van der Waals surface area contributed by atoms with E-state index in [2.05, 4.69) is 0 Å². The molecule has 0 amide bonds. The smallest absolute Gasteiger partial charge is 0.345 e. The number of aryl methyl sites for hydroxylation is 1. The number of thiophene rings is 1. The molecule has 14 heavy (non-hydrogen) atoms. The second-order valence-corrected chi connectivity index (χ2v) is 4.24. The number of rotatable bonds is 1. The van der Waals surface area contributed by atoms with Crippen molar-refractivity contribution in [2.24, 2.45) is 0 Å². The maximum atomic E-state index is 10.7. The number of anilines is 1. The first-order valence-corrected chi connectivity index (χ1v) is 4.92. The van der Waals surface area contributed by atoms with Crippen molar-refractivity contribution >= 4 is 33.1 Å². The van der Waals surface area contributed by atoms with Crippen molar-refractivity contribution in [3.8, 4) is 0 Å². The van der Waals surface area contributed by atoms with Gasteiger partial charge in [0.05, 0.1) is 4.70 Å². The van der Waals surface area contributed by atoms with Crippen LogP contribution in [0.4, 0.5) is 5.69 Å². The number of aromatic carboxylic acids is 1. The molecule has 0 aliphatic heterocycles. The molecule has 0 atom stereocenters. The van der Waals surface area contributed by atoms with E-state index in [1.54, 1.807) is 6.07 Å². The Balaban J connectivity index is 2.76. The lowest BCUT2D eigenvalue weighted by atomic mass is 10.1. The Morgan fingerprint density at radius 3 is 2.79 bits per heavy atom. The van der Waals surface area contributed by atoms with E-state index >= 15 is 0 Å². The van der Waals surface area contributed by atoms with Gasteiger partial charge in [0.25, 0.3) is 0 Å². The first-order chi connectivity index (χ1) is 6.58. The van der Waals surface area contributed by atoms with Gasteiger partial charge in [-0.05, 0) is 30.0 Å². The average molecular weight is 207 g/mol. The molecule has 72 valence electrons. The Bertz CT molecular complexity index is 516. The number of hydrogen-bond donors (Lipinski definition) is 2. The lowest BCUT2D eigenvalue weighted by Gasteiger charge is -1.97. The van der Waals surface area contributed by atoms with E-state index in [1.165, 1.54) is 11.3 Å². The van der Waals surface area contributed by atoms with Crippen LogP contribution in [0.1, 0.15) is 15.2 Å². The summed E-state index contributed by atoms with van der Waals surface area (Å²) in [6.07, 6.45) is 0. The fourth-order valence-corrected chi connectivity index (χ4v) is 2.35. The van der Waals surface area contributed by atoms with Crippen LogP contribution in [0, 0.1) is 6.92 Å². The number of carboxylic acids is 1. The van der Waals surface area contributed by atoms with E-state index in [1.807, 2.05) is 19.1 Å². The van der Waals surface area contributed by atoms with Gasteiger partial charge in [-0.1, -0.05) is 6.07 Å². The zero-order chi connectivity index (χ0) is 10.3. The van der Waals surface area contributed by atoms with Crippen LogP contribution in [-0.4, -0.2) is 11.1 Å². The normalized spacial score (nSPS) is 10.6. The molecule has 2 aromatic rings. The maximum Gasteiger partial charge on any atom is 0.345 e. The Labute approximate surface area is 84.8 Å². The standard InChI is InChI=1S/C10H9NO2S/c1-5-2-6-4-8(10(12)13)14-9(6)7(11)3-5/h2-4H,11H2,1H3,(H,12,13). The molecule has 0 aliphatic carbocycles. The summed E-state index contributed by atoms with van der Waals surface area (Å²) in [5, 5.41) is 9.72. The molecule has 2 rings (SSSR count). The van der Waals surface area contributed by atoms with Gasteiger partial charge in [-0.3, -0.25) is 0 Å². The maximum absolute atomic E-state index is 10.7. The third-order valence-corrected chi connectivity index (χ3v) is 3.19. The number of nitrogen functional groups attached to an aromatic ring is 1. The average Bonchev–Trinajstić information content (AvgIpc) is 2.47. The molecule has 0 bridgehead atoms. The van der Waals surface area contributed by atoms with Crippen molar-refractivity contribution in [3.63, 3.8) is 0 Å². The van der Waals surface area contributed by atoms with Crippen molar-refractivity contribution in [3.05, 3.63) is 28.6 Å². The van der Waals surface area contributed by atoms with Gasteiger partial charge in [0, 0.05) is 5.69 Å². The summed E-state index contributed by atoms with van der Waals surface area (Å²) in [6.45, 7) is 1.94. The Hall–Kier alpha value is -1.55. The summed E-state index contributed by atoms with van der Waals surface area (Å²) < 4.78 is 0.855. The van der Waals surface area contributed by atoms with Gasteiger partial charge in [-0.2, -0.15) is 0 Å². The van der Waals surface area contributed by atoms with E-state index < -0.39 is 5.97 Å². The number of fused-ring (bicyclic) bond motifs is 1. The monoisotopic (exact) mass is 207 g/mol. The number of carboxylic acid groups (broad SMARTS) is 1. The number of nitrogens with two attached hydrogens (primary N) is 1. The molecule has 1 heterocycles. The van der Waals surface area contributed by atoms with Crippen LogP contribution in [0.3, 0.4) is 0 Å². The van der Waals surface area contributed by atoms with Gasteiger partial charge >= 0.3 is 5.97 Å². The summed E-state index contributed by atoms with van der Waals surface area (Å²) in [7, 11) is 0. The molecule has 0 spiro atoms. The van der Waals surface area contributed by atoms with E-state index in [9.17, 15) is 4.79 Å². The van der Waals surface area contributed by atoms with Crippen molar-refractivity contribution < 1.29 is 9.90 Å². The highest BCUT2D eigenvalue weighted by molar-refractivity contribution is 7.21. The molecule has 0 fully saturated rings. The fraction of sp³-hybridized carbons (Fsp3) is 0.100. The van der Waals surface area contributed by atoms with E-state index in [4.69, 9.17) is 10.8 Å². The molecule has 0 saturated heterocycles. The van der Waals surface area contributed by atoms with Crippen molar-refractivity contribution in [1.82, 2.24) is 0 Å². The van der Waals surface area contributed by atoms with Crippen LogP contribution >= 0.6 is 11.3 Å². The molecule has 0 radical (unpaired) electrons. The molecule has 1 aromatic carbocycles. The Morgan fingerprint density at radius 1 is 1.43 bits per heavy atom.